The van der Waals surface area contributed by atoms with Gasteiger partial charge in [-0.3, -0.25) is 9.59 Å². The summed E-state index contributed by atoms with van der Waals surface area (Å²) in [5, 5.41) is 3.20. The molecule has 32 heavy (non-hydrogen) atoms. The van der Waals surface area contributed by atoms with Crippen molar-refractivity contribution < 1.29 is 14.3 Å². The Morgan fingerprint density at radius 3 is 2.22 bits per heavy atom. The average molecular weight is 427 g/mol. The van der Waals surface area contributed by atoms with Gasteiger partial charge in [0.05, 0.1) is 24.1 Å². The van der Waals surface area contributed by atoms with Crippen LogP contribution < -0.4 is 15.0 Å². The van der Waals surface area contributed by atoms with E-state index in [0.717, 1.165) is 22.3 Å². The lowest BCUT2D eigenvalue weighted by molar-refractivity contribution is -0.120. The van der Waals surface area contributed by atoms with Crippen molar-refractivity contribution in [1.29, 1.82) is 0 Å². The molecule has 5 heteroatoms. The van der Waals surface area contributed by atoms with Crippen LogP contribution in [0.5, 0.6) is 5.75 Å². The number of rotatable bonds is 5. The lowest BCUT2D eigenvalue weighted by atomic mass is 9.99. The van der Waals surface area contributed by atoms with Gasteiger partial charge in [-0.1, -0.05) is 42.5 Å². The Balaban J connectivity index is 1.89. The zero-order valence-electron chi connectivity index (χ0n) is 18.9. The summed E-state index contributed by atoms with van der Waals surface area (Å²) in [6.07, 6.45) is 0. The van der Waals surface area contributed by atoms with E-state index >= 15 is 0 Å². The van der Waals surface area contributed by atoms with Crippen molar-refractivity contribution in [3.05, 3.63) is 94.2 Å². The molecule has 0 fully saturated rings. The van der Waals surface area contributed by atoms with Gasteiger partial charge in [-0.2, -0.15) is 0 Å². The number of ether oxygens (including phenoxy) is 1. The van der Waals surface area contributed by atoms with Crippen molar-refractivity contribution in [3.8, 4) is 5.75 Å². The molecule has 0 bridgehead atoms. The van der Waals surface area contributed by atoms with E-state index in [1.165, 1.54) is 4.90 Å². The smallest absolute Gasteiger partial charge is 0.282 e. The number of hydrogen-bond donors (Lipinski definition) is 1. The minimum atomic E-state index is -0.386. The molecule has 0 saturated carbocycles. The second-order valence-corrected chi connectivity index (χ2v) is 8.11. The van der Waals surface area contributed by atoms with E-state index in [1.54, 1.807) is 7.11 Å². The molecule has 5 nitrogen and oxygen atoms in total. The van der Waals surface area contributed by atoms with Gasteiger partial charge < -0.3 is 10.1 Å². The van der Waals surface area contributed by atoms with Crippen molar-refractivity contribution in [3.63, 3.8) is 0 Å². The lowest BCUT2D eigenvalue weighted by Crippen LogP contribution is -2.33. The van der Waals surface area contributed by atoms with Crippen LogP contribution in [0.2, 0.25) is 0 Å². The maximum Gasteiger partial charge on any atom is 0.282 e. The summed E-state index contributed by atoms with van der Waals surface area (Å²) in [6.45, 7) is 7.86. The fourth-order valence-corrected chi connectivity index (χ4v) is 3.87. The van der Waals surface area contributed by atoms with Crippen LogP contribution >= 0.6 is 0 Å². The molecule has 0 spiro atoms. The predicted octanol–water partition coefficient (Wildman–Crippen LogP) is 5.33. The van der Waals surface area contributed by atoms with Crippen molar-refractivity contribution in [1.82, 2.24) is 0 Å². The van der Waals surface area contributed by atoms with Crippen molar-refractivity contribution in [2.75, 3.05) is 17.3 Å². The topological polar surface area (TPSA) is 58.6 Å². The summed E-state index contributed by atoms with van der Waals surface area (Å²) < 4.78 is 5.44. The van der Waals surface area contributed by atoms with Crippen molar-refractivity contribution >= 4 is 28.8 Å². The zero-order chi connectivity index (χ0) is 23.0. The Kier molecular flexibility index (Phi) is 5.57. The summed E-state index contributed by atoms with van der Waals surface area (Å²) in [6, 6.07) is 18.9. The summed E-state index contributed by atoms with van der Waals surface area (Å²) in [7, 11) is 1.57. The van der Waals surface area contributed by atoms with Gasteiger partial charge >= 0.3 is 0 Å². The van der Waals surface area contributed by atoms with Crippen LogP contribution in [-0.2, 0) is 9.59 Å². The van der Waals surface area contributed by atoms with Gasteiger partial charge in [0.2, 0.25) is 0 Å². The highest BCUT2D eigenvalue weighted by atomic mass is 16.5. The quantitative estimate of drug-likeness (QED) is 0.561. The van der Waals surface area contributed by atoms with Crippen molar-refractivity contribution in [2.24, 2.45) is 0 Å². The summed E-state index contributed by atoms with van der Waals surface area (Å²) in [5.41, 5.74) is 6.52. The zero-order valence-corrected chi connectivity index (χ0v) is 18.9. The molecule has 0 aromatic heterocycles. The minimum Gasteiger partial charge on any atom is -0.495 e. The number of carbonyl (C=O) groups is 2. The van der Waals surface area contributed by atoms with Gasteiger partial charge in [0.15, 0.2) is 0 Å². The van der Waals surface area contributed by atoms with E-state index in [1.807, 2.05) is 88.4 Å². The van der Waals surface area contributed by atoms with Crippen LogP contribution in [0.1, 0.15) is 27.8 Å². The number of hydrogen-bond acceptors (Lipinski definition) is 4. The first-order valence-electron chi connectivity index (χ1n) is 10.5. The number of carbonyl (C=O) groups excluding carboxylic acids is 2. The molecule has 4 rings (SSSR count). The highest BCUT2D eigenvalue weighted by Crippen LogP contribution is 2.37. The third-order valence-corrected chi connectivity index (χ3v) is 5.85. The Morgan fingerprint density at radius 2 is 1.50 bits per heavy atom. The molecular weight excluding hydrogens is 400 g/mol. The Labute approximate surface area is 188 Å². The fourth-order valence-electron chi connectivity index (χ4n) is 3.87. The van der Waals surface area contributed by atoms with E-state index < -0.39 is 0 Å². The van der Waals surface area contributed by atoms with E-state index in [4.69, 9.17) is 4.74 Å². The van der Waals surface area contributed by atoms with Gasteiger partial charge in [0.1, 0.15) is 11.4 Å². The molecule has 3 aromatic carbocycles. The van der Waals surface area contributed by atoms with Crippen LogP contribution in [0, 0.1) is 27.7 Å². The SMILES string of the molecule is COc1ccccc1NC1=C(c2ccc(C)c(C)c2)C(=O)N(c2cc(C)ccc2C)C1=O. The maximum atomic E-state index is 13.7. The standard InChI is InChI=1S/C27H26N2O3/c1-16-10-11-18(3)22(14-16)29-26(30)24(20-13-12-17(2)19(4)15-20)25(27(29)31)28-21-8-6-7-9-23(21)32-5/h6-15,28H,1-5H3. The predicted molar refractivity (Wildman–Crippen MR) is 128 cm³/mol. The molecule has 1 N–H and O–H groups in total. The molecule has 0 atom stereocenters. The number of anilines is 2. The molecule has 162 valence electrons. The van der Waals surface area contributed by atoms with Gasteiger partial charge in [0, 0.05) is 0 Å². The molecule has 0 saturated heterocycles. The van der Waals surface area contributed by atoms with Gasteiger partial charge in [-0.15, -0.1) is 0 Å². The highest BCUT2D eigenvalue weighted by molar-refractivity contribution is 6.46. The van der Waals surface area contributed by atoms with Crippen LogP contribution in [0.25, 0.3) is 5.57 Å². The van der Waals surface area contributed by atoms with E-state index in [9.17, 15) is 9.59 Å². The molecule has 0 radical (unpaired) electrons. The first-order chi connectivity index (χ1) is 15.3. The van der Waals surface area contributed by atoms with E-state index in [2.05, 4.69) is 5.32 Å². The number of nitrogens with one attached hydrogen (secondary N) is 1. The number of imide groups is 1. The normalized spacial score (nSPS) is 13.7. The molecule has 1 heterocycles. The number of amides is 2. The Morgan fingerprint density at radius 1 is 0.781 bits per heavy atom. The number of methoxy groups -OCH3 is 1. The fraction of sp³-hybridized carbons (Fsp3) is 0.185. The molecular formula is C27H26N2O3. The summed E-state index contributed by atoms with van der Waals surface area (Å²) >= 11 is 0. The van der Waals surface area contributed by atoms with Crippen LogP contribution in [0.3, 0.4) is 0 Å². The summed E-state index contributed by atoms with van der Waals surface area (Å²) in [5.74, 6) is -0.142. The molecule has 1 aliphatic heterocycles. The first kappa shape index (κ1) is 21.4. The maximum absolute atomic E-state index is 13.7. The average Bonchev–Trinajstić information content (AvgIpc) is 3.01. The number of nitrogens with zero attached hydrogens (tertiary/aromatic N) is 1. The van der Waals surface area contributed by atoms with Crippen molar-refractivity contribution in [2.45, 2.75) is 27.7 Å². The molecule has 2 amide bonds. The third kappa shape index (κ3) is 3.66. The molecule has 0 unspecified atom stereocenters. The van der Waals surface area contributed by atoms with Gasteiger partial charge in [-0.25, -0.2) is 4.90 Å². The number of aryl methyl sites for hydroxylation is 4. The highest BCUT2D eigenvalue weighted by Gasteiger charge is 2.41. The Bertz CT molecular complexity index is 1270. The molecule has 0 aliphatic carbocycles. The minimum absolute atomic E-state index is 0.239. The van der Waals surface area contributed by atoms with E-state index in [0.29, 0.717) is 28.3 Å². The number of benzene rings is 3. The van der Waals surface area contributed by atoms with Gasteiger partial charge in [0.25, 0.3) is 11.8 Å². The largest absolute Gasteiger partial charge is 0.495 e. The lowest BCUT2D eigenvalue weighted by Gasteiger charge is -2.18. The van der Waals surface area contributed by atoms with Crippen LogP contribution in [0.4, 0.5) is 11.4 Å². The summed E-state index contributed by atoms with van der Waals surface area (Å²) in [4.78, 5) is 28.6. The van der Waals surface area contributed by atoms with Crippen LogP contribution in [0.15, 0.2) is 66.4 Å². The van der Waals surface area contributed by atoms with Crippen LogP contribution in [-0.4, -0.2) is 18.9 Å². The monoisotopic (exact) mass is 426 g/mol. The van der Waals surface area contributed by atoms with Gasteiger partial charge in [-0.05, 0) is 73.7 Å². The molecule has 1 aliphatic rings. The third-order valence-electron chi connectivity index (χ3n) is 5.85. The second-order valence-electron chi connectivity index (χ2n) is 8.11. The number of para-hydroxylation sites is 2. The Hall–Kier alpha value is -3.86. The second kappa shape index (κ2) is 8.35. The van der Waals surface area contributed by atoms with E-state index in [-0.39, 0.29) is 17.5 Å². The first-order valence-corrected chi connectivity index (χ1v) is 10.5. The molecule has 3 aromatic rings.